The average Bonchev–Trinajstić information content (AvgIpc) is 3.04. The highest BCUT2D eigenvalue weighted by atomic mass is 32.2. The molecule has 0 aliphatic heterocycles. The van der Waals surface area contributed by atoms with Gasteiger partial charge >= 0.3 is 5.97 Å². The molecule has 0 saturated heterocycles. The molecule has 0 aliphatic rings. The molecule has 0 saturated carbocycles. The Labute approximate surface area is 160 Å². The van der Waals surface area contributed by atoms with Gasteiger partial charge in [0.15, 0.2) is 5.82 Å². The maximum Gasteiger partial charge on any atom is 0.314 e. The molecule has 2 aromatic carbocycles. The molecule has 1 heterocycles. The molecule has 0 bridgehead atoms. The summed E-state index contributed by atoms with van der Waals surface area (Å²) in [4.78, 5) is 15.2. The van der Waals surface area contributed by atoms with Gasteiger partial charge in [0.05, 0.1) is 4.90 Å². The van der Waals surface area contributed by atoms with Gasteiger partial charge in [-0.3, -0.25) is 4.79 Å². The largest absolute Gasteiger partial charge is 0.481 e. The fraction of sp³-hybridized carbons (Fsp3) is 0.167. The van der Waals surface area contributed by atoms with E-state index in [4.69, 9.17) is 5.14 Å². The lowest BCUT2D eigenvalue weighted by atomic mass is 10.1. The number of benzene rings is 2. The number of rotatable bonds is 6. The van der Waals surface area contributed by atoms with Crippen molar-refractivity contribution in [2.24, 2.45) is 5.14 Å². The Balaban J connectivity index is 2.12. The molecule has 3 aromatic rings. The zero-order valence-electron chi connectivity index (χ0n) is 14.8. The number of primary sulfonamides is 1. The number of aromatic nitrogens is 3. The molecule has 0 fully saturated rings. The van der Waals surface area contributed by atoms with Crippen LogP contribution in [0.2, 0.25) is 0 Å². The summed E-state index contributed by atoms with van der Waals surface area (Å²) in [5.41, 5.74) is 0.807. The smallest absolute Gasteiger partial charge is 0.314 e. The minimum Gasteiger partial charge on any atom is -0.481 e. The van der Waals surface area contributed by atoms with Crippen LogP contribution in [0.5, 0.6) is 0 Å². The number of sulfonamides is 1. The molecular formula is C18H17FN4O4S. The minimum absolute atomic E-state index is 0.0216. The number of hydrogen-bond donors (Lipinski definition) is 2. The van der Waals surface area contributed by atoms with Gasteiger partial charge < -0.3 is 5.11 Å². The number of carbonyl (C=O) groups is 1. The zero-order valence-corrected chi connectivity index (χ0v) is 15.6. The van der Waals surface area contributed by atoms with Crippen molar-refractivity contribution < 1.29 is 22.7 Å². The van der Waals surface area contributed by atoms with Crippen LogP contribution in [0, 0.1) is 5.82 Å². The first kappa shape index (κ1) is 19.6. The molecule has 1 aromatic heterocycles. The number of carboxylic acids is 1. The molecule has 3 rings (SSSR count). The SMILES string of the molecule is CC(C(=O)O)c1nc(Cc2ccccc2)n(-c2ccc(S(N)(=O)=O)cc2F)n1. The fourth-order valence-corrected chi connectivity index (χ4v) is 3.10. The lowest BCUT2D eigenvalue weighted by Gasteiger charge is -2.08. The predicted octanol–water partition coefficient (Wildman–Crippen LogP) is 1.83. The van der Waals surface area contributed by atoms with E-state index in [0.29, 0.717) is 5.82 Å². The van der Waals surface area contributed by atoms with Crippen LogP contribution in [0.3, 0.4) is 0 Å². The summed E-state index contributed by atoms with van der Waals surface area (Å²) in [5, 5.41) is 18.4. The first-order valence-corrected chi connectivity index (χ1v) is 9.76. The van der Waals surface area contributed by atoms with E-state index in [2.05, 4.69) is 10.1 Å². The van der Waals surface area contributed by atoms with Crippen molar-refractivity contribution in [2.45, 2.75) is 24.2 Å². The van der Waals surface area contributed by atoms with Crippen molar-refractivity contribution >= 4 is 16.0 Å². The molecular weight excluding hydrogens is 387 g/mol. The van der Waals surface area contributed by atoms with Gasteiger partial charge in [-0.1, -0.05) is 30.3 Å². The zero-order chi connectivity index (χ0) is 20.5. The molecule has 0 radical (unpaired) electrons. The van der Waals surface area contributed by atoms with Gasteiger partial charge in [0.25, 0.3) is 0 Å². The topological polar surface area (TPSA) is 128 Å². The normalized spacial score (nSPS) is 12.7. The van der Waals surface area contributed by atoms with Crippen LogP contribution >= 0.6 is 0 Å². The van der Waals surface area contributed by atoms with Crippen LogP contribution in [-0.2, 0) is 21.2 Å². The summed E-state index contributed by atoms with van der Waals surface area (Å²) in [6, 6.07) is 12.4. The monoisotopic (exact) mass is 404 g/mol. The van der Waals surface area contributed by atoms with Gasteiger partial charge in [-0.15, -0.1) is 5.10 Å². The van der Waals surface area contributed by atoms with Crippen molar-refractivity contribution in [1.82, 2.24) is 14.8 Å². The molecule has 0 aliphatic carbocycles. The highest BCUT2D eigenvalue weighted by Gasteiger charge is 2.23. The highest BCUT2D eigenvalue weighted by Crippen LogP contribution is 2.22. The Hall–Kier alpha value is -3.11. The summed E-state index contributed by atoms with van der Waals surface area (Å²) in [6.45, 7) is 1.43. The summed E-state index contributed by atoms with van der Waals surface area (Å²) in [6.07, 6.45) is 0.274. The number of aliphatic carboxylic acids is 1. The number of halogens is 1. The summed E-state index contributed by atoms with van der Waals surface area (Å²) in [5.74, 6) is -2.65. The molecule has 1 unspecified atom stereocenters. The lowest BCUT2D eigenvalue weighted by molar-refractivity contribution is -0.138. The second-order valence-corrected chi connectivity index (χ2v) is 7.74. The van der Waals surface area contributed by atoms with E-state index < -0.39 is 27.7 Å². The molecule has 1 atom stereocenters. The van der Waals surface area contributed by atoms with Crippen LogP contribution in [0.25, 0.3) is 5.69 Å². The number of hydrogen-bond acceptors (Lipinski definition) is 5. The quantitative estimate of drug-likeness (QED) is 0.645. The van der Waals surface area contributed by atoms with E-state index >= 15 is 0 Å². The molecule has 28 heavy (non-hydrogen) atoms. The second kappa shape index (κ2) is 7.49. The van der Waals surface area contributed by atoms with Crippen LogP contribution < -0.4 is 5.14 Å². The molecule has 0 amide bonds. The number of nitrogens with zero attached hydrogens (tertiary/aromatic N) is 3. The van der Waals surface area contributed by atoms with Gasteiger partial charge in [-0.05, 0) is 30.7 Å². The predicted molar refractivity (Wildman–Crippen MR) is 98.0 cm³/mol. The minimum atomic E-state index is -4.07. The third-order valence-corrected chi connectivity index (χ3v) is 5.04. The van der Waals surface area contributed by atoms with E-state index in [1.807, 2.05) is 30.3 Å². The molecule has 8 nitrogen and oxygen atoms in total. The number of nitrogens with two attached hydrogens (primary N) is 1. The first-order valence-electron chi connectivity index (χ1n) is 8.22. The Morgan fingerprint density at radius 1 is 1.25 bits per heavy atom. The van der Waals surface area contributed by atoms with Crippen molar-refractivity contribution in [2.75, 3.05) is 0 Å². The van der Waals surface area contributed by atoms with Crippen LogP contribution in [0.4, 0.5) is 4.39 Å². The molecule has 146 valence electrons. The van der Waals surface area contributed by atoms with Crippen molar-refractivity contribution in [1.29, 1.82) is 0 Å². The van der Waals surface area contributed by atoms with Crippen molar-refractivity contribution in [3.8, 4) is 5.69 Å². The Kier molecular flexibility index (Phi) is 5.25. The van der Waals surface area contributed by atoms with Gasteiger partial charge in [0.1, 0.15) is 23.2 Å². The first-order chi connectivity index (χ1) is 13.2. The van der Waals surface area contributed by atoms with E-state index in [0.717, 1.165) is 17.7 Å². The Bertz CT molecular complexity index is 1130. The fourth-order valence-electron chi connectivity index (χ4n) is 2.58. The second-order valence-electron chi connectivity index (χ2n) is 6.18. The van der Waals surface area contributed by atoms with Gasteiger partial charge in [-0.25, -0.2) is 27.6 Å². The van der Waals surface area contributed by atoms with E-state index in [1.54, 1.807) is 0 Å². The van der Waals surface area contributed by atoms with Crippen LogP contribution in [0.1, 0.15) is 30.1 Å². The maximum absolute atomic E-state index is 14.6. The summed E-state index contributed by atoms with van der Waals surface area (Å²) < 4.78 is 38.7. The third kappa shape index (κ3) is 4.07. The standard InChI is InChI=1S/C18H17FN4O4S/c1-11(18(24)25)17-21-16(9-12-5-3-2-4-6-12)23(22-17)15-8-7-13(10-14(15)19)28(20,26)27/h2-8,10-11H,9H2,1H3,(H,24,25)(H2,20,26,27). The summed E-state index contributed by atoms with van der Waals surface area (Å²) >= 11 is 0. The van der Waals surface area contributed by atoms with Gasteiger partial charge in [-0.2, -0.15) is 0 Å². The van der Waals surface area contributed by atoms with Crippen molar-refractivity contribution in [3.63, 3.8) is 0 Å². The third-order valence-electron chi connectivity index (χ3n) is 4.13. The Morgan fingerprint density at radius 2 is 1.93 bits per heavy atom. The Morgan fingerprint density at radius 3 is 2.50 bits per heavy atom. The highest BCUT2D eigenvalue weighted by molar-refractivity contribution is 7.89. The maximum atomic E-state index is 14.6. The van der Waals surface area contributed by atoms with Crippen molar-refractivity contribution in [3.05, 3.63) is 71.6 Å². The van der Waals surface area contributed by atoms with E-state index in [9.17, 15) is 22.7 Å². The molecule has 10 heteroatoms. The van der Waals surface area contributed by atoms with Crippen LogP contribution in [0.15, 0.2) is 53.4 Å². The average molecular weight is 404 g/mol. The summed E-state index contributed by atoms with van der Waals surface area (Å²) in [7, 11) is -4.07. The molecule has 3 N–H and O–H groups in total. The van der Waals surface area contributed by atoms with Gasteiger partial charge in [0.2, 0.25) is 10.0 Å². The molecule has 0 spiro atoms. The van der Waals surface area contributed by atoms with E-state index in [1.165, 1.54) is 17.7 Å². The van der Waals surface area contributed by atoms with Gasteiger partial charge in [0, 0.05) is 6.42 Å². The number of carboxylic acid groups (broad SMARTS) is 1. The van der Waals surface area contributed by atoms with E-state index in [-0.39, 0.29) is 22.8 Å². The lowest BCUT2D eigenvalue weighted by Crippen LogP contribution is -2.13. The van der Waals surface area contributed by atoms with Crippen LogP contribution in [-0.4, -0.2) is 34.3 Å².